The van der Waals surface area contributed by atoms with Crippen LogP contribution in [0.4, 0.5) is 32.8 Å². The summed E-state index contributed by atoms with van der Waals surface area (Å²) in [5, 5.41) is 4.84. The molecule has 0 N–H and O–H groups in total. The van der Waals surface area contributed by atoms with Crippen LogP contribution in [-0.2, 0) is 0 Å². The molecule has 308 valence electrons. The summed E-state index contributed by atoms with van der Waals surface area (Å²) in [7, 11) is 0. The van der Waals surface area contributed by atoms with Gasteiger partial charge in [-0.1, -0.05) is 140 Å². The van der Waals surface area contributed by atoms with E-state index in [4.69, 9.17) is 0 Å². The largest absolute Gasteiger partial charge is 0.305 e. The van der Waals surface area contributed by atoms with Crippen LogP contribution in [0.3, 0.4) is 0 Å². The van der Waals surface area contributed by atoms with Crippen LogP contribution in [0, 0.1) is 0 Å². The molecule has 0 aliphatic carbocycles. The first-order valence-corrected chi connectivity index (χ1v) is 24.2. The number of hydrogen-bond donors (Lipinski definition) is 0. The van der Waals surface area contributed by atoms with E-state index >= 15 is 0 Å². The number of fused-ring (bicyclic) bond motifs is 8. The highest BCUT2D eigenvalue weighted by molar-refractivity contribution is 7.35. The fourth-order valence-electron chi connectivity index (χ4n) is 9.39. The average molecular weight is 887 g/mol. The van der Waals surface area contributed by atoms with E-state index in [9.17, 15) is 0 Å². The topological polar surface area (TPSA) is 16.3 Å². The summed E-state index contributed by atoms with van der Waals surface area (Å²) < 4.78 is 10.2. The Bertz CT molecular complexity index is 3730. The molecule has 0 bridgehead atoms. The van der Waals surface area contributed by atoms with Crippen molar-refractivity contribution >= 4 is 118 Å². The molecule has 0 atom stereocenters. The molecule has 13 rings (SSSR count). The van der Waals surface area contributed by atoms with Crippen molar-refractivity contribution in [3.63, 3.8) is 0 Å². The fraction of sp³-hybridized carbons (Fsp3) is 0. The smallest absolute Gasteiger partial charge is 0.103 e. The zero-order chi connectivity index (χ0) is 42.8. The number of hydrogen-bond acceptors (Lipinski definition) is 5. The van der Waals surface area contributed by atoms with E-state index in [-0.39, 0.29) is 0 Å². The van der Waals surface area contributed by atoms with Gasteiger partial charge in [-0.05, 0) is 113 Å². The van der Waals surface area contributed by atoms with E-state index in [1.807, 2.05) is 34.0 Å². The molecule has 8 aromatic carbocycles. The van der Waals surface area contributed by atoms with E-state index in [2.05, 4.69) is 249 Å². The van der Waals surface area contributed by atoms with Crippen molar-refractivity contribution in [2.24, 2.45) is 0 Å². The Balaban J connectivity index is 1.08. The van der Waals surface area contributed by atoms with Crippen molar-refractivity contribution in [2.75, 3.05) is 9.80 Å². The first-order chi connectivity index (χ1) is 32.2. The van der Waals surface area contributed by atoms with E-state index in [0.29, 0.717) is 0 Å². The zero-order valence-corrected chi connectivity index (χ0v) is 37.4. The van der Waals surface area contributed by atoms with E-state index in [1.165, 1.54) is 72.8 Å². The summed E-state index contributed by atoms with van der Waals surface area (Å²) in [4.78, 5) is 4.79. The SMILES string of the molecule is c1ccc(N(c2ccccc2)c2cc3c(s2)c2sc4c5sc(N(c6ccccc6)c6ccccc6)cc5n(-c5ccc(-c6ccc7ccccc7c6)cc5)c4c2n3-c2ccccc2)cc1. The van der Waals surface area contributed by atoms with E-state index in [1.54, 1.807) is 0 Å². The average Bonchev–Trinajstić information content (AvgIpc) is 4.19. The maximum atomic E-state index is 2.53. The van der Waals surface area contributed by atoms with Crippen molar-refractivity contribution in [3.05, 3.63) is 231 Å². The number of aromatic nitrogens is 2. The lowest BCUT2D eigenvalue weighted by atomic mass is 10.0. The second kappa shape index (κ2) is 15.5. The Labute approximate surface area is 388 Å². The minimum atomic E-state index is 1.13. The van der Waals surface area contributed by atoms with Crippen LogP contribution in [0.2, 0.25) is 0 Å². The van der Waals surface area contributed by atoms with Crippen LogP contribution in [0.1, 0.15) is 0 Å². The number of nitrogens with zero attached hydrogens (tertiary/aromatic N) is 4. The summed E-state index contributed by atoms with van der Waals surface area (Å²) in [5.41, 5.74) is 14.1. The molecule has 0 fully saturated rings. The van der Waals surface area contributed by atoms with Gasteiger partial charge in [-0.15, -0.1) is 34.0 Å². The highest BCUT2D eigenvalue weighted by Gasteiger charge is 2.29. The molecule has 0 saturated heterocycles. The minimum Gasteiger partial charge on any atom is -0.305 e. The molecule has 13 aromatic rings. The predicted octanol–water partition coefficient (Wildman–Crippen LogP) is 17.8. The van der Waals surface area contributed by atoms with Crippen molar-refractivity contribution < 1.29 is 0 Å². The highest BCUT2D eigenvalue weighted by atomic mass is 32.1. The number of rotatable bonds is 9. The van der Waals surface area contributed by atoms with Crippen LogP contribution in [-0.4, -0.2) is 9.13 Å². The van der Waals surface area contributed by atoms with Crippen LogP contribution in [0.15, 0.2) is 231 Å². The van der Waals surface area contributed by atoms with Crippen molar-refractivity contribution in [3.8, 4) is 22.5 Å². The maximum Gasteiger partial charge on any atom is 0.103 e. The van der Waals surface area contributed by atoms with Gasteiger partial charge in [-0.2, -0.15) is 0 Å². The lowest BCUT2D eigenvalue weighted by Crippen LogP contribution is -2.08. The maximum absolute atomic E-state index is 2.53. The van der Waals surface area contributed by atoms with Gasteiger partial charge >= 0.3 is 0 Å². The molecule has 5 heterocycles. The van der Waals surface area contributed by atoms with Gasteiger partial charge < -0.3 is 18.9 Å². The summed E-state index contributed by atoms with van der Waals surface area (Å²) >= 11 is 5.67. The molecule has 0 aliphatic heterocycles. The lowest BCUT2D eigenvalue weighted by Gasteiger charge is -2.23. The molecule has 0 amide bonds. The van der Waals surface area contributed by atoms with Gasteiger partial charge in [0, 0.05) is 34.1 Å². The fourth-order valence-corrected chi connectivity index (χ4v) is 13.3. The van der Waals surface area contributed by atoms with E-state index < -0.39 is 0 Å². The van der Waals surface area contributed by atoms with Gasteiger partial charge in [0.1, 0.15) is 10.0 Å². The van der Waals surface area contributed by atoms with Gasteiger partial charge in [0.05, 0.1) is 40.9 Å². The monoisotopic (exact) mass is 886 g/mol. The first-order valence-electron chi connectivity index (χ1n) is 21.8. The Morgan fingerprint density at radius 3 is 1.14 bits per heavy atom. The molecule has 7 heteroatoms. The number of benzene rings is 8. The second-order valence-corrected chi connectivity index (χ2v) is 19.3. The molecule has 0 saturated carbocycles. The number of thiophene rings is 3. The normalized spacial score (nSPS) is 11.7. The number of anilines is 6. The van der Waals surface area contributed by atoms with Gasteiger partial charge in [0.2, 0.25) is 0 Å². The molecular weight excluding hydrogens is 849 g/mol. The standard InChI is InChI=1S/C58H38N4S3/c1-6-20-43(21-7-1)59(44-22-8-2-9-23-44)51-37-49-55(63-51)57-53(61(49)47-28-14-5-15-29-47)54-58(65-57)56-50(38-52(64-56)60(45-24-10-3-11-25-45)46-26-12-4-13-27-46)62(54)48-34-32-40(33-35-48)42-31-30-39-18-16-17-19-41(39)36-42/h1-38H. The predicted molar refractivity (Wildman–Crippen MR) is 281 cm³/mol. The molecule has 0 radical (unpaired) electrons. The Morgan fingerprint density at radius 1 is 0.292 bits per heavy atom. The lowest BCUT2D eigenvalue weighted by molar-refractivity contribution is 1.15. The minimum absolute atomic E-state index is 1.13. The van der Waals surface area contributed by atoms with Crippen LogP contribution < -0.4 is 9.80 Å². The molecular formula is C58H38N4S3. The second-order valence-electron chi connectivity index (χ2n) is 16.2. The molecule has 4 nitrogen and oxygen atoms in total. The molecule has 0 aliphatic rings. The molecule has 5 aromatic heterocycles. The first kappa shape index (κ1) is 37.8. The number of para-hydroxylation sites is 5. The van der Waals surface area contributed by atoms with Crippen molar-refractivity contribution in [1.82, 2.24) is 9.13 Å². The third kappa shape index (κ3) is 6.31. The molecule has 0 spiro atoms. The van der Waals surface area contributed by atoms with Crippen LogP contribution in [0.5, 0.6) is 0 Å². The Kier molecular flexibility index (Phi) is 9.04. The highest BCUT2D eigenvalue weighted by Crippen LogP contribution is 2.54. The Hall–Kier alpha value is -7.68. The van der Waals surface area contributed by atoms with Crippen LogP contribution >= 0.6 is 34.0 Å². The van der Waals surface area contributed by atoms with E-state index in [0.717, 1.165) is 34.1 Å². The summed E-state index contributed by atoms with van der Waals surface area (Å²) in [6.45, 7) is 0. The van der Waals surface area contributed by atoms with Gasteiger partial charge in [0.25, 0.3) is 0 Å². The van der Waals surface area contributed by atoms with Crippen molar-refractivity contribution in [2.45, 2.75) is 0 Å². The summed E-state index contributed by atoms with van der Waals surface area (Å²) in [6.07, 6.45) is 0. The van der Waals surface area contributed by atoms with Gasteiger partial charge in [-0.25, -0.2) is 0 Å². The summed E-state index contributed by atoms with van der Waals surface area (Å²) in [5.74, 6) is 0. The van der Waals surface area contributed by atoms with Crippen molar-refractivity contribution in [1.29, 1.82) is 0 Å². The van der Waals surface area contributed by atoms with Gasteiger partial charge in [-0.3, -0.25) is 0 Å². The van der Waals surface area contributed by atoms with Gasteiger partial charge in [0.15, 0.2) is 0 Å². The summed E-state index contributed by atoms with van der Waals surface area (Å²) in [6, 6.07) is 83.2. The Morgan fingerprint density at radius 2 is 0.677 bits per heavy atom. The van der Waals surface area contributed by atoms with Crippen LogP contribution in [0.25, 0.3) is 74.1 Å². The molecule has 0 unspecified atom stereocenters. The quantitative estimate of drug-likeness (QED) is 0.144. The zero-order valence-electron chi connectivity index (χ0n) is 35.0. The third-order valence-electron chi connectivity index (χ3n) is 12.3. The third-order valence-corrected chi connectivity index (χ3v) is 16.0. The molecule has 65 heavy (non-hydrogen) atoms.